The first kappa shape index (κ1) is 11.8. The molecule has 0 aliphatic carbocycles. The lowest BCUT2D eigenvalue weighted by Gasteiger charge is -2.18. The van der Waals surface area contributed by atoms with E-state index in [9.17, 15) is 4.79 Å². The van der Waals surface area contributed by atoms with Gasteiger partial charge in [0.1, 0.15) is 0 Å². The number of hydrogen-bond donors (Lipinski definition) is 1. The number of amides is 1. The zero-order valence-electron chi connectivity index (χ0n) is 8.21. The number of carbonyl (C=O) groups excluding carboxylic acids is 1. The van der Waals surface area contributed by atoms with E-state index in [1.807, 2.05) is 14.0 Å². The largest absolute Gasteiger partial charge is 0.345 e. The smallest absolute Gasteiger partial charge is 0.234 e. The predicted octanol–water partition coefficient (Wildman–Crippen LogP) is 1.95. The van der Waals surface area contributed by atoms with Gasteiger partial charge in [-0.2, -0.15) is 12.6 Å². The second kappa shape index (κ2) is 6.35. The second-order valence-corrected chi connectivity index (χ2v) is 3.92. The molecule has 0 saturated heterocycles. The van der Waals surface area contributed by atoms with Crippen LogP contribution in [0.25, 0.3) is 0 Å². The minimum absolute atomic E-state index is 0.120. The third-order valence-corrected chi connectivity index (χ3v) is 2.05. The van der Waals surface area contributed by atoms with Crippen molar-refractivity contribution >= 4 is 18.5 Å². The van der Waals surface area contributed by atoms with Crippen LogP contribution in [-0.2, 0) is 4.79 Å². The highest BCUT2D eigenvalue weighted by Gasteiger charge is 2.12. The van der Waals surface area contributed by atoms with Crippen molar-refractivity contribution in [3.8, 4) is 0 Å². The molecule has 0 heterocycles. The lowest BCUT2D eigenvalue weighted by molar-refractivity contribution is -0.129. The van der Waals surface area contributed by atoms with E-state index < -0.39 is 0 Å². The molecule has 1 unspecified atom stereocenters. The van der Waals surface area contributed by atoms with Gasteiger partial charge in [0.05, 0.1) is 5.25 Å². The summed E-state index contributed by atoms with van der Waals surface area (Å²) in [4.78, 5) is 13.0. The minimum Gasteiger partial charge on any atom is -0.345 e. The molecular formula is C9H19NOS. The highest BCUT2D eigenvalue weighted by Crippen LogP contribution is 2.01. The summed E-state index contributed by atoms with van der Waals surface area (Å²) in [6, 6.07) is 0. The van der Waals surface area contributed by atoms with Gasteiger partial charge in [-0.15, -0.1) is 0 Å². The first-order chi connectivity index (χ1) is 5.59. The van der Waals surface area contributed by atoms with Crippen molar-refractivity contribution in [1.29, 1.82) is 0 Å². The Bertz CT molecular complexity index is 136. The summed E-state index contributed by atoms with van der Waals surface area (Å²) < 4.78 is 0. The highest BCUT2D eigenvalue weighted by atomic mass is 32.1. The normalized spacial score (nSPS) is 12.7. The molecule has 3 heteroatoms. The maximum atomic E-state index is 11.3. The summed E-state index contributed by atoms with van der Waals surface area (Å²) in [5.41, 5.74) is 0. The van der Waals surface area contributed by atoms with Crippen LogP contribution in [0.5, 0.6) is 0 Å². The minimum atomic E-state index is -0.170. The molecule has 0 rings (SSSR count). The molecule has 2 nitrogen and oxygen atoms in total. The van der Waals surface area contributed by atoms with Gasteiger partial charge >= 0.3 is 0 Å². The Morgan fingerprint density at radius 1 is 1.50 bits per heavy atom. The van der Waals surface area contributed by atoms with Crippen LogP contribution in [0.1, 0.15) is 33.1 Å². The summed E-state index contributed by atoms with van der Waals surface area (Å²) in [5, 5.41) is -0.170. The Kier molecular flexibility index (Phi) is 6.25. The van der Waals surface area contributed by atoms with E-state index in [2.05, 4.69) is 19.6 Å². The monoisotopic (exact) mass is 189 g/mol. The van der Waals surface area contributed by atoms with Crippen LogP contribution in [0.15, 0.2) is 0 Å². The van der Waals surface area contributed by atoms with Crippen LogP contribution >= 0.6 is 12.6 Å². The Morgan fingerprint density at radius 2 is 2.08 bits per heavy atom. The van der Waals surface area contributed by atoms with Crippen LogP contribution in [-0.4, -0.2) is 29.6 Å². The highest BCUT2D eigenvalue weighted by molar-refractivity contribution is 7.81. The van der Waals surface area contributed by atoms with Crippen molar-refractivity contribution in [1.82, 2.24) is 4.90 Å². The van der Waals surface area contributed by atoms with Crippen molar-refractivity contribution in [2.24, 2.45) is 0 Å². The SMILES string of the molecule is CCCCCN(C)C(=O)C(C)S. The van der Waals surface area contributed by atoms with E-state index in [0.29, 0.717) is 0 Å². The molecule has 0 fully saturated rings. The first-order valence-electron chi connectivity index (χ1n) is 4.52. The number of hydrogen-bond acceptors (Lipinski definition) is 2. The van der Waals surface area contributed by atoms with E-state index >= 15 is 0 Å². The molecule has 0 aliphatic rings. The van der Waals surface area contributed by atoms with E-state index in [1.54, 1.807) is 4.90 Å². The molecule has 0 aromatic rings. The van der Waals surface area contributed by atoms with Crippen molar-refractivity contribution in [2.75, 3.05) is 13.6 Å². The quantitative estimate of drug-likeness (QED) is 0.518. The maximum Gasteiger partial charge on any atom is 0.234 e. The predicted molar refractivity (Wildman–Crippen MR) is 55.6 cm³/mol. The van der Waals surface area contributed by atoms with Gasteiger partial charge in [0.25, 0.3) is 0 Å². The molecule has 0 saturated carbocycles. The first-order valence-corrected chi connectivity index (χ1v) is 5.04. The number of carbonyl (C=O) groups is 1. The summed E-state index contributed by atoms with van der Waals surface area (Å²) >= 11 is 4.09. The second-order valence-electron chi connectivity index (χ2n) is 3.14. The van der Waals surface area contributed by atoms with E-state index in [1.165, 1.54) is 12.8 Å². The van der Waals surface area contributed by atoms with Crippen molar-refractivity contribution in [3.63, 3.8) is 0 Å². The van der Waals surface area contributed by atoms with Crippen molar-refractivity contribution in [3.05, 3.63) is 0 Å². The fourth-order valence-corrected chi connectivity index (χ4v) is 1.23. The number of rotatable bonds is 5. The molecule has 0 aliphatic heterocycles. The Labute approximate surface area is 80.7 Å². The number of thiol groups is 1. The molecule has 0 bridgehead atoms. The number of nitrogens with zero attached hydrogens (tertiary/aromatic N) is 1. The Hall–Kier alpha value is -0.180. The summed E-state index contributed by atoms with van der Waals surface area (Å²) in [5.74, 6) is 0.120. The zero-order valence-corrected chi connectivity index (χ0v) is 9.10. The van der Waals surface area contributed by atoms with Gasteiger partial charge in [0, 0.05) is 13.6 Å². The lowest BCUT2D eigenvalue weighted by Crippen LogP contribution is -2.32. The molecule has 0 N–H and O–H groups in total. The molecule has 12 heavy (non-hydrogen) atoms. The molecule has 0 radical (unpaired) electrons. The zero-order chi connectivity index (χ0) is 9.56. The Balaban J connectivity index is 3.57. The van der Waals surface area contributed by atoms with Crippen LogP contribution in [0, 0.1) is 0 Å². The van der Waals surface area contributed by atoms with Gasteiger partial charge < -0.3 is 4.90 Å². The third kappa shape index (κ3) is 4.65. The molecule has 1 atom stereocenters. The van der Waals surface area contributed by atoms with E-state index in [-0.39, 0.29) is 11.2 Å². The van der Waals surface area contributed by atoms with Crippen molar-refractivity contribution in [2.45, 2.75) is 38.4 Å². The molecule has 1 amide bonds. The van der Waals surface area contributed by atoms with E-state index in [0.717, 1.165) is 13.0 Å². The van der Waals surface area contributed by atoms with Crippen LogP contribution < -0.4 is 0 Å². The van der Waals surface area contributed by atoms with Gasteiger partial charge in [-0.1, -0.05) is 19.8 Å². The molecular weight excluding hydrogens is 170 g/mol. The van der Waals surface area contributed by atoms with Crippen LogP contribution in [0.4, 0.5) is 0 Å². The van der Waals surface area contributed by atoms with Gasteiger partial charge in [0.2, 0.25) is 5.91 Å². The maximum absolute atomic E-state index is 11.3. The van der Waals surface area contributed by atoms with Crippen LogP contribution in [0.2, 0.25) is 0 Å². The van der Waals surface area contributed by atoms with E-state index in [4.69, 9.17) is 0 Å². The fraction of sp³-hybridized carbons (Fsp3) is 0.889. The van der Waals surface area contributed by atoms with Gasteiger partial charge in [0.15, 0.2) is 0 Å². The van der Waals surface area contributed by atoms with Gasteiger partial charge in [-0.05, 0) is 13.3 Å². The average molecular weight is 189 g/mol. The number of unbranched alkanes of at least 4 members (excludes halogenated alkanes) is 2. The fourth-order valence-electron chi connectivity index (χ4n) is 1.03. The lowest BCUT2D eigenvalue weighted by atomic mass is 10.2. The Morgan fingerprint density at radius 3 is 2.50 bits per heavy atom. The molecule has 0 aromatic heterocycles. The average Bonchev–Trinajstić information content (AvgIpc) is 2.03. The molecule has 0 aromatic carbocycles. The summed E-state index contributed by atoms with van der Waals surface area (Å²) in [6.07, 6.45) is 3.48. The summed E-state index contributed by atoms with van der Waals surface area (Å²) in [6.45, 7) is 4.82. The standard InChI is InChI=1S/C9H19NOS/c1-4-5-6-7-10(3)9(11)8(2)12/h8,12H,4-7H2,1-3H3. The van der Waals surface area contributed by atoms with Gasteiger partial charge in [-0.3, -0.25) is 4.79 Å². The summed E-state index contributed by atoms with van der Waals surface area (Å²) in [7, 11) is 1.84. The third-order valence-electron chi connectivity index (χ3n) is 1.83. The van der Waals surface area contributed by atoms with Gasteiger partial charge in [-0.25, -0.2) is 0 Å². The van der Waals surface area contributed by atoms with Crippen molar-refractivity contribution < 1.29 is 4.79 Å². The molecule has 72 valence electrons. The topological polar surface area (TPSA) is 20.3 Å². The van der Waals surface area contributed by atoms with Crippen LogP contribution in [0.3, 0.4) is 0 Å². The molecule has 0 spiro atoms.